The monoisotopic (exact) mass is 674 g/mol. The summed E-state index contributed by atoms with van der Waals surface area (Å²) in [6.07, 6.45) is 0.406. The van der Waals surface area contributed by atoms with Gasteiger partial charge in [-0.05, 0) is 55.0 Å². The molecule has 0 bridgehead atoms. The molecule has 4 rings (SSSR count). The quantitative estimate of drug-likeness (QED) is 0.0356. The fourth-order valence-corrected chi connectivity index (χ4v) is 5.64. The lowest BCUT2D eigenvalue weighted by atomic mass is 9.98. The molecule has 1 aromatic heterocycles. The van der Waals surface area contributed by atoms with Crippen LogP contribution in [0.4, 0.5) is 11.4 Å². The van der Waals surface area contributed by atoms with E-state index in [2.05, 4.69) is 15.2 Å². The number of benzene rings is 3. The summed E-state index contributed by atoms with van der Waals surface area (Å²) in [5, 5.41) is 35.7. The van der Waals surface area contributed by atoms with Crippen molar-refractivity contribution in [2.45, 2.75) is 6.42 Å². The molecule has 0 saturated heterocycles. The van der Waals surface area contributed by atoms with Crippen LogP contribution in [0.2, 0.25) is 0 Å². The Morgan fingerprint density at radius 1 is 0.673 bits per heavy atom. The lowest BCUT2D eigenvalue weighted by Crippen LogP contribution is -2.45. The van der Waals surface area contributed by atoms with Crippen LogP contribution in [0.15, 0.2) is 60.7 Å². The highest BCUT2D eigenvalue weighted by Crippen LogP contribution is 2.33. The molecule has 0 unspecified atom stereocenters. The van der Waals surface area contributed by atoms with E-state index in [1.54, 1.807) is 12.1 Å². The molecule has 0 saturated carbocycles. The number of aromatic nitrogens is 1. The number of rotatable bonds is 17. The van der Waals surface area contributed by atoms with Crippen LogP contribution in [0.25, 0.3) is 32.9 Å². The Bertz CT molecular complexity index is 1860. The molecule has 1 heterocycles. The first-order valence-corrected chi connectivity index (χ1v) is 15.5. The van der Waals surface area contributed by atoms with Crippen molar-refractivity contribution in [3.63, 3.8) is 0 Å². The second-order valence-electron chi connectivity index (χ2n) is 11.6. The van der Waals surface area contributed by atoms with Crippen LogP contribution in [0.5, 0.6) is 0 Å². The molecule has 0 aliphatic carbocycles. The maximum absolute atomic E-state index is 12.9. The first kappa shape index (κ1) is 36.0. The normalized spacial score (nSPS) is 11.2. The van der Waals surface area contributed by atoms with Crippen molar-refractivity contribution in [1.82, 2.24) is 20.4 Å². The largest absolute Gasteiger partial charge is 0.480 e. The summed E-state index contributed by atoms with van der Waals surface area (Å²) < 4.78 is 2.06. The fraction of sp³-hybridized carbons (Fsp3) is 0.294. The van der Waals surface area contributed by atoms with Crippen LogP contribution in [0.3, 0.4) is 0 Å². The van der Waals surface area contributed by atoms with Crippen LogP contribution >= 0.6 is 0 Å². The van der Waals surface area contributed by atoms with E-state index >= 15 is 0 Å². The number of anilines is 2. The molecule has 0 atom stereocenters. The molecule has 4 aromatic rings. The van der Waals surface area contributed by atoms with Gasteiger partial charge in [-0.1, -0.05) is 6.07 Å². The van der Waals surface area contributed by atoms with Crippen molar-refractivity contribution in [3.05, 3.63) is 66.2 Å². The standard InChI is InChI=1S/C34H39N7O8/c1-39-28-16-24(36)8-10-26(28)25-9-7-23(35)15-27(25)33(39)21-3-5-22(6-4-21)34(49)38-12-2-11-37-29(42)17-40(18-30(43)44)13-14-41(19-31(45)46)20-32(47)48/h3-10,15-16,36H,2,11-14,17-20H2,1H3,(H7,35,37,38,42,43,44,45,46,47,48,49)/p+1. The minimum absolute atomic E-state index is 0.0346. The summed E-state index contributed by atoms with van der Waals surface area (Å²) in [6, 6.07) is 18.8. The zero-order chi connectivity index (χ0) is 35.7. The maximum Gasteiger partial charge on any atom is 0.317 e. The number of carboxylic acid groups (broad SMARTS) is 3. The van der Waals surface area contributed by atoms with E-state index in [-0.39, 0.29) is 38.6 Å². The number of aryl methyl sites for hydroxylation is 1. The third-order valence-electron chi connectivity index (χ3n) is 7.87. The lowest BCUT2D eigenvalue weighted by molar-refractivity contribution is -0.632. The van der Waals surface area contributed by atoms with Gasteiger partial charge in [0.05, 0.1) is 37.0 Å². The summed E-state index contributed by atoms with van der Waals surface area (Å²) in [4.78, 5) is 61.0. The average molecular weight is 675 g/mol. The highest BCUT2D eigenvalue weighted by atomic mass is 16.4. The molecule has 3 aromatic carbocycles. The fourth-order valence-electron chi connectivity index (χ4n) is 5.64. The Kier molecular flexibility index (Phi) is 12.0. The summed E-state index contributed by atoms with van der Waals surface area (Å²) in [6.45, 7) is -1.48. The molecular weight excluding hydrogens is 634 g/mol. The van der Waals surface area contributed by atoms with Crippen molar-refractivity contribution in [3.8, 4) is 11.3 Å². The smallest absolute Gasteiger partial charge is 0.317 e. The predicted molar refractivity (Wildman–Crippen MR) is 183 cm³/mol. The number of carbonyl (C=O) groups excluding carboxylic acids is 2. The van der Waals surface area contributed by atoms with Crippen molar-refractivity contribution in [1.29, 1.82) is 0 Å². The van der Waals surface area contributed by atoms with Crippen molar-refractivity contribution in [2.75, 3.05) is 63.8 Å². The van der Waals surface area contributed by atoms with E-state index in [9.17, 15) is 29.1 Å². The van der Waals surface area contributed by atoms with Crippen molar-refractivity contribution < 1.29 is 43.9 Å². The Hall–Kier alpha value is -5.80. The summed E-state index contributed by atoms with van der Waals surface area (Å²) in [7, 11) is 1.96. The van der Waals surface area contributed by atoms with E-state index < -0.39 is 43.4 Å². The number of nitrogens with zero attached hydrogens (tertiary/aromatic N) is 3. The van der Waals surface area contributed by atoms with Crippen LogP contribution in [-0.4, -0.2) is 107 Å². The topological polar surface area (TPSA) is 232 Å². The summed E-state index contributed by atoms with van der Waals surface area (Å²) >= 11 is 0. The second-order valence-corrected chi connectivity index (χ2v) is 11.6. The number of pyridine rings is 1. The molecule has 258 valence electrons. The zero-order valence-electron chi connectivity index (χ0n) is 27.0. The number of nitrogen functional groups attached to an aromatic ring is 2. The number of hydrogen-bond acceptors (Lipinski definition) is 9. The molecule has 15 heteroatoms. The SMILES string of the molecule is C[n+]1c(-c2ccc(C(=O)NCCCNC(=O)CN(CCN(CC(=O)O)CC(=O)O)CC(=O)O)cc2)c2cc(N)ccc2c2ccc(N)cc21. The highest BCUT2D eigenvalue weighted by Gasteiger charge is 2.22. The third kappa shape index (κ3) is 9.85. The number of nitrogens with two attached hydrogens (primary N) is 2. The Balaban J connectivity index is 1.31. The van der Waals surface area contributed by atoms with Gasteiger partial charge < -0.3 is 37.4 Å². The van der Waals surface area contributed by atoms with E-state index in [4.69, 9.17) is 21.7 Å². The van der Waals surface area contributed by atoms with Crippen LogP contribution in [-0.2, 0) is 26.2 Å². The molecule has 0 aliphatic heterocycles. The minimum atomic E-state index is -1.23. The third-order valence-corrected chi connectivity index (χ3v) is 7.87. The zero-order valence-corrected chi connectivity index (χ0v) is 27.0. The molecule has 0 radical (unpaired) electrons. The first-order chi connectivity index (χ1) is 23.3. The van der Waals surface area contributed by atoms with Crippen LogP contribution in [0.1, 0.15) is 16.8 Å². The lowest BCUT2D eigenvalue weighted by Gasteiger charge is -2.24. The molecule has 0 fully saturated rings. The van der Waals surface area contributed by atoms with E-state index in [1.807, 2.05) is 55.6 Å². The second kappa shape index (κ2) is 16.3. The number of fused-ring (bicyclic) bond motifs is 3. The molecule has 49 heavy (non-hydrogen) atoms. The number of hydrogen-bond donors (Lipinski definition) is 7. The van der Waals surface area contributed by atoms with E-state index in [0.29, 0.717) is 23.4 Å². The van der Waals surface area contributed by atoms with Gasteiger partial charge in [-0.25, -0.2) is 0 Å². The van der Waals surface area contributed by atoms with Crippen molar-refractivity contribution >= 4 is 62.8 Å². The molecule has 0 spiro atoms. The Morgan fingerprint density at radius 3 is 1.80 bits per heavy atom. The molecule has 2 amide bonds. The first-order valence-electron chi connectivity index (χ1n) is 15.5. The summed E-state index contributed by atoms with van der Waals surface area (Å²) in [5.41, 5.74) is 16.7. The minimum Gasteiger partial charge on any atom is -0.480 e. The Labute approximate surface area is 281 Å². The number of carboxylic acids is 3. The van der Waals surface area contributed by atoms with Gasteiger partial charge in [0.2, 0.25) is 17.1 Å². The van der Waals surface area contributed by atoms with Gasteiger partial charge in [0.15, 0.2) is 0 Å². The molecule has 15 nitrogen and oxygen atoms in total. The number of amides is 2. The van der Waals surface area contributed by atoms with Gasteiger partial charge in [0.1, 0.15) is 7.05 Å². The molecular formula is C34H40N7O8+. The van der Waals surface area contributed by atoms with Gasteiger partial charge in [-0.2, -0.15) is 4.57 Å². The van der Waals surface area contributed by atoms with Gasteiger partial charge >= 0.3 is 17.9 Å². The van der Waals surface area contributed by atoms with E-state index in [0.717, 1.165) is 37.8 Å². The van der Waals surface area contributed by atoms with Gasteiger partial charge in [0, 0.05) is 60.1 Å². The Morgan fingerprint density at radius 2 is 1.20 bits per heavy atom. The van der Waals surface area contributed by atoms with E-state index in [1.165, 1.54) is 4.90 Å². The van der Waals surface area contributed by atoms with Gasteiger partial charge in [-0.15, -0.1) is 0 Å². The molecule has 0 aliphatic rings. The van der Waals surface area contributed by atoms with Gasteiger partial charge in [-0.3, -0.25) is 33.8 Å². The number of carbonyl (C=O) groups is 5. The summed E-state index contributed by atoms with van der Waals surface area (Å²) in [5.74, 6) is -4.41. The van der Waals surface area contributed by atoms with Crippen LogP contribution < -0.4 is 26.7 Å². The number of aliphatic carboxylic acids is 3. The van der Waals surface area contributed by atoms with Gasteiger partial charge in [0.25, 0.3) is 5.91 Å². The van der Waals surface area contributed by atoms with Crippen molar-refractivity contribution in [2.24, 2.45) is 7.05 Å². The average Bonchev–Trinajstić information content (AvgIpc) is 3.03. The number of nitrogens with one attached hydrogen (secondary N) is 2. The molecule has 9 N–H and O–H groups in total. The predicted octanol–water partition coefficient (Wildman–Crippen LogP) is 0.743. The highest BCUT2D eigenvalue weighted by molar-refractivity contribution is 6.10. The van der Waals surface area contributed by atoms with Crippen LogP contribution in [0, 0.1) is 0 Å². The maximum atomic E-state index is 12.9.